The van der Waals surface area contributed by atoms with E-state index in [0.29, 0.717) is 12.4 Å². The highest BCUT2D eigenvalue weighted by Crippen LogP contribution is 2.27. The van der Waals surface area contributed by atoms with Crippen molar-refractivity contribution in [3.63, 3.8) is 0 Å². The van der Waals surface area contributed by atoms with Crippen molar-refractivity contribution in [2.24, 2.45) is 5.92 Å². The number of ether oxygens (including phenoxy) is 2. The van der Waals surface area contributed by atoms with Crippen molar-refractivity contribution in [2.75, 3.05) is 33.6 Å². The molecule has 0 spiro atoms. The Morgan fingerprint density at radius 1 is 1.13 bits per heavy atom. The summed E-state index contributed by atoms with van der Waals surface area (Å²) in [7, 11) is -0.0409. The van der Waals surface area contributed by atoms with Gasteiger partial charge in [-0.05, 0) is 24.1 Å². The molecule has 10 heteroatoms. The molecule has 30 heavy (non-hydrogen) atoms. The van der Waals surface area contributed by atoms with Gasteiger partial charge in [0.05, 0.1) is 26.5 Å². The number of hydrogen-bond acceptors (Lipinski definition) is 7. The van der Waals surface area contributed by atoms with Gasteiger partial charge in [0.15, 0.2) is 5.82 Å². The van der Waals surface area contributed by atoms with Gasteiger partial charge in [0.2, 0.25) is 10.0 Å². The van der Waals surface area contributed by atoms with E-state index in [1.165, 1.54) is 6.26 Å². The fourth-order valence-electron chi connectivity index (χ4n) is 3.74. The molecular formula is C20H31N5O4S. The largest absolute Gasteiger partial charge is 0.497 e. The summed E-state index contributed by atoms with van der Waals surface area (Å²) in [4.78, 5) is 2.34. The fraction of sp³-hybridized carbons (Fsp3) is 0.600. The Hall–Kier alpha value is -2.17. The molecule has 2 aromatic rings. The minimum absolute atomic E-state index is 0.0495. The van der Waals surface area contributed by atoms with E-state index >= 15 is 0 Å². The van der Waals surface area contributed by atoms with E-state index in [1.807, 2.05) is 32.0 Å². The lowest BCUT2D eigenvalue weighted by Gasteiger charge is -2.23. The quantitative estimate of drug-likeness (QED) is 0.670. The molecular weight excluding hydrogens is 406 g/mol. The molecule has 1 aromatic carbocycles. The number of methoxy groups -OCH3 is 2. The zero-order valence-electron chi connectivity index (χ0n) is 18.3. The van der Waals surface area contributed by atoms with Crippen LogP contribution in [0, 0.1) is 5.92 Å². The third kappa shape index (κ3) is 5.30. The molecule has 166 valence electrons. The maximum absolute atomic E-state index is 11.8. The number of nitrogens with zero attached hydrogens (tertiary/aromatic N) is 4. The molecule has 2 heterocycles. The Labute approximate surface area is 178 Å². The molecule has 0 saturated heterocycles. The van der Waals surface area contributed by atoms with E-state index in [-0.39, 0.29) is 5.92 Å². The number of nitrogens with one attached hydrogen (secondary N) is 1. The lowest BCUT2D eigenvalue weighted by atomic mass is 10.1. The van der Waals surface area contributed by atoms with Gasteiger partial charge in [0.25, 0.3) is 0 Å². The predicted molar refractivity (Wildman–Crippen MR) is 114 cm³/mol. The van der Waals surface area contributed by atoms with Crippen LogP contribution in [0.3, 0.4) is 0 Å². The first-order valence-electron chi connectivity index (χ1n) is 10.0. The van der Waals surface area contributed by atoms with Gasteiger partial charge in [-0.3, -0.25) is 4.90 Å². The van der Waals surface area contributed by atoms with Crippen molar-refractivity contribution in [3.05, 3.63) is 35.4 Å². The van der Waals surface area contributed by atoms with E-state index in [1.54, 1.807) is 14.2 Å². The van der Waals surface area contributed by atoms with Crippen LogP contribution in [0.15, 0.2) is 18.2 Å². The Morgan fingerprint density at radius 3 is 2.53 bits per heavy atom. The molecule has 9 nitrogen and oxygen atoms in total. The number of sulfonamides is 1. The molecule has 3 rings (SSSR count). The van der Waals surface area contributed by atoms with Crippen LogP contribution in [0.5, 0.6) is 11.5 Å². The minimum atomic E-state index is -3.36. The average Bonchev–Trinajstić information content (AvgIpc) is 2.99. The standard InChI is InChI=1S/C20H31N5O4S/c1-14(2)19(23-30(5,26)27)20-22-21-18-8-9-24(10-11-25(18)20)13-15-12-16(28-3)6-7-17(15)29-4/h6-7,12,14,19,23H,8-11,13H2,1-5H3/t19-/m0/s1. The molecule has 0 amide bonds. The van der Waals surface area contributed by atoms with Crippen molar-refractivity contribution in [2.45, 2.75) is 39.4 Å². The average molecular weight is 438 g/mol. The molecule has 1 aliphatic heterocycles. The monoisotopic (exact) mass is 437 g/mol. The SMILES string of the molecule is COc1ccc(OC)c(CN2CCc3nnc([C@@H](NS(C)(=O)=O)C(C)C)n3CC2)c1. The summed E-state index contributed by atoms with van der Waals surface area (Å²) >= 11 is 0. The maximum Gasteiger partial charge on any atom is 0.209 e. The highest BCUT2D eigenvalue weighted by molar-refractivity contribution is 7.88. The highest BCUT2D eigenvalue weighted by atomic mass is 32.2. The van der Waals surface area contributed by atoms with Gasteiger partial charge in [0.1, 0.15) is 17.3 Å². The minimum Gasteiger partial charge on any atom is -0.497 e. The van der Waals surface area contributed by atoms with Crippen LogP contribution in [-0.4, -0.2) is 61.6 Å². The van der Waals surface area contributed by atoms with E-state index in [9.17, 15) is 8.42 Å². The van der Waals surface area contributed by atoms with Gasteiger partial charge in [-0.1, -0.05) is 13.8 Å². The molecule has 1 aliphatic rings. The van der Waals surface area contributed by atoms with Crippen LogP contribution in [-0.2, 0) is 29.5 Å². The maximum atomic E-state index is 11.8. The van der Waals surface area contributed by atoms with Gasteiger partial charge >= 0.3 is 0 Å². The summed E-state index contributed by atoms with van der Waals surface area (Å²) in [6.07, 6.45) is 1.91. The lowest BCUT2D eigenvalue weighted by Crippen LogP contribution is -2.33. The summed E-state index contributed by atoms with van der Waals surface area (Å²) in [6, 6.07) is 5.40. The van der Waals surface area contributed by atoms with Gasteiger partial charge in [-0.25, -0.2) is 13.1 Å². The van der Waals surface area contributed by atoms with E-state index < -0.39 is 16.1 Å². The third-order valence-corrected chi connectivity index (χ3v) is 6.00. The summed E-state index contributed by atoms with van der Waals surface area (Å²) < 4.78 is 39.3. The van der Waals surface area contributed by atoms with Crippen LogP contribution in [0.25, 0.3) is 0 Å². The van der Waals surface area contributed by atoms with E-state index in [2.05, 4.69) is 24.4 Å². The zero-order chi connectivity index (χ0) is 21.9. The second-order valence-corrected chi connectivity index (χ2v) is 9.72. The molecule has 0 fully saturated rings. The first-order valence-corrected chi connectivity index (χ1v) is 11.9. The van der Waals surface area contributed by atoms with Crippen LogP contribution in [0.4, 0.5) is 0 Å². The third-order valence-electron chi connectivity index (χ3n) is 5.31. The van der Waals surface area contributed by atoms with Gasteiger partial charge in [-0.15, -0.1) is 10.2 Å². The van der Waals surface area contributed by atoms with Crippen molar-refractivity contribution in [1.82, 2.24) is 24.4 Å². The molecule has 1 atom stereocenters. The Morgan fingerprint density at radius 2 is 1.90 bits per heavy atom. The molecule has 1 N–H and O–H groups in total. The number of hydrogen-bond donors (Lipinski definition) is 1. The number of benzene rings is 1. The first kappa shape index (κ1) is 22.5. The molecule has 0 saturated carbocycles. The molecule has 0 aliphatic carbocycles. The van der Waals surface area contributed by atoms with Crippen LogP contribution in [0.1, 0.15) is 37.1 Å². The number of aromatic nitrogens is 3. The van der Waals surface area contributed by atoms with Crippen molar-refractivity contribution in [1.29, 1.82) is 0 Å². The topological polar surface area (TPSA) is 98.6 Å². The Bertz CT molecular complexity index is 974. The highest BCUT2D eigenvalue weighted by Gasteiger charge is 2.28. The second kappa shape index (κ2) is 9.32. The predicted octanol–water partition coefficient (Wildman–Crippen LogP) is 1.60. The van der Waals surface area contributed by atoms with Crippen LogP contribution >= 0.6 is 0 Å². The summed E-state index contributed by atoms with van der Waals surface area (Å²) in [5.41, 5.74) is 1.06. The zero-order valence-corrected chi connectivity index (χ0v) is 19.1. The Balaban J connectivity index is 1.78. The number of rotatable bonds is 8. The van der Waals surface area contributed by atoms with Crippen LogP contribution in [0.2, 0.25) is 0 Å². The van der Waals surface area contributed by atoms with E-state index in [4.69, 9.17) is 9.47 Å². The van der Waals surface area contributed by atoms with Crippen molar-refractivity contribution >= 4 is 10.0 Å². The van der Waals surface area contributed by atoms with Crippen LogP contribution < -0.4 is 14.2 Å². The lowest BCUT2D eigenvalue weighted by molar-refractivity contribution is 0.263. The van der Waals surface area contributed by atoms with Crippen molar-refractivity contribution < 1.29 is 17.9 Å². The fourth-order valence-corrected chi connectivity index (χ4v) is 4.58. The molecule has 0 radical (unpaired) electrons. The summed E-state index contributed by atoms with van der Waals surface area (Å²) in [5.74, 6) is 3.23. The second-order valence-electron chi connectivity index (χ2n) is 7.94. The molecule has 0 unspecified atom stereocenters. The summed E-state index contributed by atoms with van der Waals surface area (Å²) in [5, 5.41) is 8.69. The van der Waals surface area contributed by atoms with Gasteiger partial charge in [0, 0.05) is 38.2 Å². The van der Waals surface area contributed by atoms with Gasteiger partial charge in [-0.2, -0.15) is 0 Å². The molecule has 0 bridgehead atoms. The van der Waals surface area contributed by atoms with Crippen molar-refractivity contribution in [3.8, 4) is 11.5 Å². The Kier molecular flexibility index (Phi) is 6.99. The molecule has 1 aromatic heterocycles. The smallest absolute Gasteiger partial charge is 0.209 e. The van der Waals surface area contributed by atoms with Gasteiger partial charge < -0.3 is 14.0 Å². The summed E-state index contributed by atoms with van der Waals surface area (Å²) in [6.45, 7) is 6.99. The van der Waals surface area contributed by atoms with E-state index in [0.717, 1.165) is 48.9 Å². The number of fused-ring (bicyclic) bond motifs is 1. The normalized spacial score (nSPS) is 16.2. The first-order chi connectivity index (χ1) is 14.2.